The number of ether oxygens (including phenoxy) is 1. The van der Waals surface area contributed by atoms with Gasteiger partial charge in [0.1, 0.15) is 0 Å². The van der Waals surface area contributed by atoms with E-state index in [-0.39, 0.29) is 11.4 Å². The molecule has 0 bridgehead atoms. The first-order valence-corrected chi connectivity index (χ1v) is 7.09. The van der Waals surface area contributed by atoms with Crippen LogP contribution < -0.4 is 0 Å². The normalized spacial score (nSPS) is 14.8. The molecule has 0 heterocycles. The van der Waals surface area contributed by atoms with Crippen LogP contribution in [0.25, 0.3) is 0 Å². The Hall–Kier alpha value is -1.31. The van der Waals surface area contributed by atoms with Gasteiger partial charge in [-0.1, -0.05) is 65.0 Å². The minimum atomic E-state index is -0.118. The molecule has 0 aliphatic carbocycles. The summed E-state index contributed by atoms with van der Waals surface area (Å²) >= 11 is 0. The lowest BCUT2D eigenvalue weighted by molar-refractivity contribution is -0.147. The second-order valence-corrected chi connectivity index (χ2v) is 5.99. The molecule has 0 aromatic heterocycles. The van der Waals surface area contributed by atoms with E-state index in [0.29, 0.717) is 24.9 Å². The average Bonchev–Trinajstić information content (AvgIpc) is 2.44. The topological polar surface area (TPSA) is 26.3 Å². The van der Waals surface area contributed by atoms with Gasteiger partial charge in [0, 0.05) is 11.8 Å². The first kappa shape index (κ1) is 15.7. The Bertz CT molecular complexity index is 395. The molecule has 2 atom stereocenters. The van der Waals surface area contributed by atoms with Crippen molar-refractivity contribution in [3.05, 3.63) is 35.9 Å². The summed E-state index contributed by atoms with van der Waals surface area (Å²) in [5, 5.41) is 0. The summed E-state index contributed by atoms with van der Waals surface area (Å²) in [4.78, 5) is 11.3. The van der Waals surface area contributed by atoms with Crippen LogP contribution in [0, 0.1) is 11.3 Å². The van der Waals surface area contributed by atoms with Crippen molar-refractivity contribution in [1.82, 2.24) is 0 Å². The molecule has 0 amide bonds. The number of hydrogen-bond acceptors (Lipinski definition) is 2. The fraction of sp³-hybridized carbons (Fsp3) is 0.588. The van der Waals surface area contributed by atoms with Gasteiger partial charge in [-0.15, -0.1) is 0 Å². The third kappa shape index (κ3) is 4.38. The maximum Gasteiger partial charge on any atom is 0.305 e. The predicted molar refractivity (Wildman–Crippen MR) is 79.1 cm³/mol. The summed E-state index contributed by atoms with van der Waals surface area (Å²) in [5.41, 5.74) is 1.31. The Kier molecular flexibility index (Phi) is 5.59. The van der Waals surface area contributed by atoms with Crippen molar-refractivity contribution < 1.29 is 9.53 Å². The Labute approximate surface area is 117 Å². The van der Waals surface area contributed by atoms with Crippen LogP contribution in [0.4, 0.5) is 0 Å². The number of carbonyl (C=O) groups excluding carboxylic acids is 1. The van der Waals surface area contributed by atoms with Gasteiger partial charge >= 0.3 is 5.97 Å². The number of benzene rings is 1. The van der Waals surface area contributed by atoms with Crippen molar-refractivity contribution in [3.8, 4) is 0 Å². The summed E-state index contributed by atoms with van der Waals surface area (Å²) in [6, 6.07) is 10.5. The summed E-state index contributed by atoms with van der Waals surface area (Å²) in [5.74, 6) is 0.753. The fourth-order valence-electron chi connectivity index (χ4n) is 2.22. The van der Waals surface area contributed by atoms with Crippen molar-refractivity contribution in [2.75, 3.05) is 6.61 Å². The van der Waals surface area contributed by atoms with Crippen LogP contribution in [-0.2, 0) is 9.53 Å². The monoisotopic (exact) mass is 262 g/mol. The van der Waals surface area contributed by atoms with Crippen LogP contribution in [0.1, 0.15) is 52.5 Å². The Morgan fingerprint density at radius 3 is 2.32 bits per heavy atom. The smallest absolute Gasteiger partial charge is 0.305 e. The average molecular weight is 262 g/mol. The maximum absolute atomic E-state index is 11.3. The molecule has 0 saturated carbocycles. The number of esters is 1. The molecule has 0 aliphatic heterocycles. The van der Waals surface area contributed by atoms with Gasteiger partial charge in [-0.2, -0.15) is 0 Å². The lowest BCUT2D eigenvalue weighted by Gasteiger charge is -2.35. The van der Waals surface area contributed by atoms with Crippen LogP contribution in [0.5, 0.6) is 0 Å². The zero-order valence-corrected chi connectivity index (χ0v) is 12.8. The van der Waals surface area contributed by atoms with Crippen LogP contribution >= 0.6 is 0 Å². The quantitative estimate of drug-likeness (QED) is 0.710. The van der Waals surface area contributed by atoms with E-state index >= 15 is 0 Å². The van der Waals surface area contributed by atoms with E-state index in [4.69, 9.17) is 4.74 Å². The van der Waals surface area contributed by atoms with Crippen LogP contribution in [0.15, 0.2) is 30.3 Å². The lowest BCUT2D eigenvalue weighted by atomic mass is 9.72. The van der Waals surface area contributed by atoms with E-state index in [0.717, 1.165) is 0 Å². The number of carbonyl (C=O) groups is 1. The van der Waals surface area contributed by atoms with E-state index in [1.165, 1.54) is 5.56 Å². The summed E-state index contributed by atoms with van der Waals surface area (Å²) in [7, 11) is 0. The minimum Gasteiger partial charge on any atom is -0.465 e. The standard InChI is InChI=1S/C17H26O2/c1-6-16(18)19-12-17(4,5)14(3)13(2)15-10-8-7-9-11-15/h7-11,13-14H,6,12H2,1-5H3/t13-,14+/m1/s1. The van der Waals surface area contributed by atoms with Gasteiger partial charge < -0.3 is 4.74 Å². The van der Waals surface area contributed by atoms with Crippen molar-refractivity contribution in [1.29, 1.82) is 0 Å². The summed E-state index contributed by atoms with van der Waals surface area (Å²) < 4.78 is 5.32. The zero-order valence-electron chi connectivity index (χ0n) is 12.8. The lowest BCUT2D eigenvalue weighted by Crippen LogP contribution is -2.31. The molecule has 0 radical (unpaired) electrons. The molecule has 19 heavy (non-hydrogen) atoms. The summed E-state index contributed by atoms with van der Waals surface area (Å²) in [6.07, 6.45) is 0.443. The van der Waals surface area contributed by atoms with Gasteiger partial charge in [0.2, 0.25) is 0 Å². The van der Waals surface area contributed by atoms with Crippen molar-refractivity contribution in [2.24, 2.45) is 11.3 Å². The first-order valence-electron chi connectivity index (χ1n) is 7.09. The molecule has 0 saturated heterocycles. The van der Waals surface area contributed by atoms with Crippen LogP contribution in [0.3, 0.4) is 0 Å². The second-order valence-electron chi connectivity index (χ2n) is 5.99. The zero-order chi connectivity index (χ0) is 14.5. The van der Waals surface area contributed by atoms with Crippen molar-refractivity contribution in [2.45, 2.75) is 47.0 Å². The van der Waals surface area contributed by atoms with Crippen LogP contribution in [-0.4, -0.2) is 12.6 Å². The molecule has 2 nitrogen and oxygen atoms in total. The van der Waals surface area contributed by atoms with E-state index in [1.54, 1.807) is 0 Å². The molecule has 0 N–H and O–H groups in total. The van der Waals surface area contributed by atoms with E-state index in [9.17, 15) is 4.79 Å². The highest BCUT2D eigenvalue weighted by atomic mass is 16.5. The van der Waals surface area contributed by atoms with Gasteiger partial charge in [-0.05, 0) is 17.4 Å². The van der Waals surface area contributed by atoms with Crippen molar-refractivity contribution in [3.63, 3.8) is 0 Å². The fourth-order valence-corrected chi connectivity index (χ4v) is 2.22. The van der Waals surface area contributed by atoms with E-state index in [1.807, 2.05) is 13.0 Å². The highest BCUT2D eigenvalue weighted by Gasteiger charge is 2.31. The maximum atomic E-state index is 11.3. The third-order valence-electron chi connectivity index (χ3n) is 4.20. The minimum absolute atomic E-state index is 0.0277. The molecular formula is C17H26O2. The molecule has 2 heteroatoms. The first-order chi connectivity index (χ1) is 8.88. The second kappa shape index (κ2) is 6.74. The highest BCUT2D eigenvalue weighted by molar-refractivity contribution is 5.68. The molecule has 0 fully saturated rings. The largest absolute Gasteiger partial charge is 0.465 e. The summed E-state index contributed by atoms with van der Waals surface area (Å²) in [6.45, 7) is 11.1. The van der Waals surface area contributed by atoms with Gasteiger partial charge in [0.05, 0.1) is 6.61 Å². The van der Waals surface area contributed by atoms with E-state index < -0.39 is 0 Å². The van der Waals surface area contributed by atoms with Gasteiger partial charge in [-0.25, -0.2) is 0 Å². The number of hydrogen-bond donors (Lipinski definition) is 0. The molecule has 1 aromatic carbocycles. The highest BCUT2D eigenvalue weighted by Crippen LogP contribution is 2.37. The van der Waals surface area contributed by atoms with Crippen LogP contribution in [0.2, 0.25) is 0 Å². The SMILES string of the molecule is CCC(=O)OCC(C)(C)[C@@H](C)[C@@H](C)c1ccccc1. The van der Waals surface area contributed by atoms with Gasteiger partial charge in [-0.3, -0.25) is 4.79 Å². The van der Waals surface area contributed by atoms with Gasteiger partial charge in [0.15, 0.2) is 0 Å². The molecule has 0 spiro atoms. The third-order valence-corrected chi connectivity index (χ3v) is 4.20. The molecule has 1 aromatic rings. The molecule has 0 unspecified atom stereocenters. The van der Waals surface area contributed by atoms with Crippen molar-refractivity contribution >= 4 is 5.97 Å². The Balaban J connectivity index is 2.69. The van der Waals surface area contributed by atoms with Gasteiger partial charge in [0.25, 0.3) is 0 Å². The molecule has 106 valence electrons. The molecule has 0 aliphatic rings. The predicted octanol–water partition coefficient (Wildman–Crippen LogP) is 4.41. The molecular weight excluding hydrogens is 236 g/mol. The number of rotatable bonds is 6. The Morgan fingerprint density at radius 1 is 1.21 bits per heavy atom. The van der Waals surface area contributed by atoms with E-state index in [2.05, 4.69) is 52.0 Å². The molecule has 1 rings (SSSR count). The Morgan fingerprint density at radius 2 is 1.79 bits per heavy atom.